The summed E-state index contributed by atoms with van der Waals surface area (Å²) < 4.78 is 9.93. The Kier molecular flexibility index (Phi) is 7.27. The van der Waals surface area contributed by atoms with Crippen LogP contribution in [-0.4, -0.2) is 41.6 Å². The second kappa shape index (κ2) is 9.28. The minimum atomic E-state index is -0.643. The van der Waals surface area contributed by atoms with E-state index in [-0.39, 0.29) is 63.5 Å². The Balaban J connectivity index is 0.00000300. The number of hydrogen-bond acceptors (Lipinski definition) is 7. The zero-order chi connectivity index (χ0) is 20.4. The van der Waals surface area contributed by atoms with Crippen LogP contribution >= 0.6 is 0 Å². The smallest absolute Gasteiger partial charge is 0.383 e. The Morgan fingerprint density at radius 3 is 2.52 bits per heavy atom. The van der Waals surface area contributed by atoms with Crippen molar-refractivity contribution in [1.29, 1.82) is 0 Å². The summed E-state index contributed by atoms with van der Waals surface area (Å²) in [6.45, 7) is 5.88. The molecule has 1 N–H and O–H groups in total. The molecule has 1 aliphatic heterocycles. The summed E-state index contributed by atoms with van der Waals surface area (Å²) in [5.74, 6) is -0.853. The van der Waals surface area contributed by atoms with E-state index in [0.717, 1.165) is 0 Å². The van der Waals surface area contributed by atoms with Gasteiger partial charge in [-0.1, -0.05) is 26.8 Å². The number of aromatic amines is 1. The zero-order valence-electron chi connectivity index (χ0n) is 16.5. The summed E-state index contributed by atoms with van der Waals surface area (Å²) in [6.07, 6.45) is 0.568. The second-order valence-electron chi connectivity index (χ2n) is 6.81. The van der Waals surface area contributed by atoms with Gasteiger partial charge in [-0.25, -0.2) is 9.95 Å². The van der Waals surface area contributed by atoms with Crippen LogP contribution in [0.1, 0.15) is 59.5 Å². The number of rotatable bonds is 7. The Hall–Kier alpha value is -2.58. The van der Waals surface area contributed by atoms with Crippen molar-refractivity contribution in [1.82, 2.24) is 10.1 Å². The largest absolute Gasteiger partial charge is 2.00 e. The van der Waals surface area contributed by atoms with Crippen LogP contribution in [0.4, 0.5) is 11.4 Å². The molecule has 1 aliphatic rings. The van der Waals surface area contributed by atoms with Crippen molar-refractivity contribution in [2.24, 2.45) is 10.2 Å². The van der Waals surface area contributed by atoms with Crippen LogP contribution in [-0.2, 0) is 21.2 Å². The zero-order valence-corrected chi connectivity index (χ0v) is 17.5. The minimum absolute atomic E-state index is 0. The van der Waals surface area contributed by atoms with Gasteiger partial charge in [-0.2, -0.15) is 0 Å². The van der Waals surface area contributed by atoms with Gasteiger partial charge in [0, 0.05) is 7.11 Å². The summed E-state index contributed by atoms with van der Waals surface area (Å²) in [4.78, 5) is 38.8. The number of hydrogen-bond donors (Lipinski definition) is 1. The van der Waals surface area contributed by atoms with Crippen molar-refractivity contribution in [2.75, 3.05) is 13.7 Å². The minimum Gasteiger partial charge on any atom is -0.383 e. The molecule has 1 aromatic heterocycles. The maximum absolute atomic E-state index is 13.0. The van der Waals surface area contributed by atoms with E-state index >= 15 is 0 Å². The van der Waals surface area contributed by atoms with Crippen LogP contribution < -0.4 is 5.63 Å². The van der Waals surface area contributed by atoms with Gasteiger partial charge in [-0.05, 0) is 24.5 Å². The molecule has 2 aromatic rings. The Bertz CT molecular complexity index is 995. The van der Waals surface area contributed by atoms with E-state index < -0.39 is 11.5 Å². The van der Waals surface area contributed by atoms with Gasteiger partial charge < -0.3 is 9.26 Å². The number of carbonyl (C=O) groups is 2. The number of benzene rings is 1. The number of methoxy groups -OCH3 is 1. The number of imide groups is 1. The van der Waals surface area contributed by atoms with Crippen LogP contribution in [0.25, 0.3) is 0 Å². The molecule has 0 fully saturated rings. The first kappa shape index (κ1) is 22.7. The number of ether oxygens (including phenoxy) is 1. The first-order valence-electron chi connectivity index (χ1n) is 9.03. The quantitative estimate of drug-likeness (QED) is 0.398. The van der Waals surface area contributed by atoms with E-state index in [1.54, 1.807) is 18.2 Å². The van der Waals surface area contributed by atoms with Gasteiger partial charge in [0.1, 0.15) is 0 Å². The first-order chi connectivity index (χ1) is 13.4. The number of aromatic nitrogens is 1. The predicted molar refractivity (Wildman–Crippen MR) is 100 cm³/mol. The molecule has 0 bridgehead atoms. The summed E-state index contributed by atoms with van der Waals surface area (Å²) >= 11 is 0. The maximum atomic E-state index is 13.0. The molecular weight excluding hydrogens is 423 g/mol. The number of fused-ring (bicyclic) bond motifs is 1. The van der Waals surface area contributed by atoms with Crippen LogP contribution in [0.5, 0.6) is 0 Å². The Labute approximate surface area is 177 Å². The molecule has 0 saturated heterocycles. The molecule has 0 radical (unpaired) electrons. The molecule has 2 amide bonds. The molecule has 0 saturated carbocycles. The van der Waals surface area contributed by atoms with Gasteiger partial charge >= 0.3 is 22.1 Å². The van der Waals surface area contributed by atoms with Gasteiger partial charge in [0.25, 0.3) is 11.8 Å². The molecule has 10 heteroatoms. The van der Waals surface area contributed by atoms with E-state index in [1.807, 2.05) is 20.8 Å². The molecule has 2 heterocycles. The standard InChI is InChI=1S/C19H22N4O5.Ni/c1-5-11(9-27-4)23-17(24)12-7-6-8-13(14(12)18(23)25)20-21-16-15(10(2)3)22-28-19(16)26;/h6-8,10-11,22H,5,9H2,1-4H3;/q;+2. The van der Waals surface area contributed by atoms with Crippen LogP contribution in [0.15, 0.2) is 37.7 Å². The molecule has 156 valence electrons. The normalized spacial score (nSPS) is 14.6. The van der Waals surface area contributed by atoms with Gasteiger partial charge in [-0.15, -0.1) is 10.2 Å². The first-order valence-corrected chi connectivity index (χ1v) is 9.03. The average Bonchev–Trinajstić information content (AvgIpc) is 3.16. The number of carbonyl (C=O) groups excluding carboxylic acids is 2. The molecule has 1 atom stereocenters. The van der Waals surface area contributed by atoms with E-state index in [9.17, 15) is 14.4 Å². The van der Waals surface area contributed by atoms with Crippen molar-refractivity contribution in [3.8, 4) is 0 Å². The molecule has 0 aliphatic carbocycles. The number of azo groups is 1. The predicted octanol–water partition coefficient (Wildman–Crippen LogP) is 3.53. The van der Waals surface area contributed by atoms with Crippen molar-refractivity contribution in [2.45, 2.75) is 39.2 Å². The fraction of sp³-hybridized carbons (Fsp3) is 0.421. The third kappa shape index (κ3) is 4.09. The van der Waals surface area contributed by atoms with Crippen molar-refractivity contribution < 1.29 is 35.3 Å². The molecule has 29 heavy (non-hydrogen) atoms. The molecular formula is C19H22N4NiO5+2. The summed E-state index contributed by atoms with van der Waals surface area (Å²) in [5, 5.41) is 10.6. The topological polar surface area (TPSA) is 117 Å². The molecule has 0 spiro atoms. The molecule has 9 nitrogen and oxygen atoms in total. The summed E-state index contributed by atoms with van der Waals surface area (Å²) in [7, 11) is 1.52. The average molecular weight is 445 g/mol. The third-order valence-electron chi connectivity index (χ3n) is 4.66. The fourth-order valence-electron chi connectivity index (χ4n) is 3.17. The van der Waals surface area contributed by atoms with Gasteiger partial charge in [-0.3, -0.25) is 14.5 Å². The molecule has 3 rings (SSSR count). The van der Waals surface area contributed by atoms with Crippen molar-refractivity contribution in [3.05, 3.63) is 45.4 Å². The van der Waals surface area contributed by atoms with Crippen molar-refractivity contribution >= 4 is 23.2 Å². The van der Waals surface area contributed by atoms with Gasteiger partial charge in [0.15, 0.2) is 5.69 Å². The molecule has 1 unspecified atom stereocenters. The van der Waals surface area contributed by atoms with E-state index in [0.29, 0.717) is 12.1 Å². The fourth-order valence-corrected chi connectivity index (χ4v) is 3.17. The maximum Gasteiger partial charge on any atom is 2.00 e. The SMILES string of the molecule is CCC(COC)N1C(=O)c2cccc(N=Nc3c(C(C)C)[nH]oc3=O)c2C1=O.[Ni+2]. The Morgan fingerprint density at radius 2 is 1.90 bits per heavy atom. The van der Waals surface area contributed by atoms with Crippen LogP contribution in [0.3, 0.4) is 0 Å². The van der Waals surface area contributed by atoms with Gasteiger partial charge in [0.05, 0.1) is 35.2 Å². The van der Waals surface area contributed by atoms with Crippen LogP contribution in [0, 0.1) is 0 Å². The van der Waals surface area contributed by atoms with Crippen molar-refractivity contribution in [3.63, 3.8) is 0 Å². The van der Waals surface area contributed by atoms with E-state index in [2.05, 4.69) is 15.4 Å². The second-order valence-corrected chi connectivity index (χ2v) is 6.81. The molecule has 1 aromatic carbocycles. The van der Waals surface area contributed by atoms with E-state index in [1.165, 1.54) is 12.0 Å². The van der Waals surface area contributed by atoms with E-state index in [4.69, 9.17) is 9.26 Å². The summed E-state index contributed by atoms with van der Waals surface area (Å²) in [5.41, 5.74) is 0.581. The monoisotopic (exact) mass is 444 g/mol. The van der Waals surface area contributed by atoms with Crippen LogP contribution in [0.2, 0.25) is 0 Å². The number of nitrogens with zero attached hydrogens (tertiary/aromatic N) is 3. The van der Waals surface area contributed by atoms with Gasteiger partial charge in [0.2, 0.25) is 0 Å². The Morgan fingerprint density at radius 1 is 1.17 bits per heavy atom. The summed E-state index contributed by atoms with van der Waals surface area (Å²) in [6, 6.07) is 4.42. The number of H-pyrrole nitrogens is 1. The number of nitrogens with one attached hydrogen (secondary N) is 1. The third-order valence-corrected chi connectivity index (χ3v) is 4.66. The number of amides is 2.